The number of nitrogens with zero attached hydrogens (tertiary/aromatic N) is 2. The molecule has 2 rings (SSSR count). The zero-order chi connectivity index (χ0) is 22.9. The average Bonchev–Trinajstić information content (AvgIpc) is 2.73. The summed E-state index contributed by atoms with van der Waals surface area (Å²) in [6, 6.07) is 9.54. The van der Waals surface area contributed by atoms with Crippen molar-refractivity contribution < 1.29 is 18.0 Å². The average molecular weight is 449 g/mol. The molecule has 0 aliphatic carbocycles. The number of nitrogens with one attached hydrogen (secondary N) is 2. The van der Waals surface area contributed by atoms with Crippen LogP contribution in [0.3, 0.4) is 0 Å². The Hall–Kier alpha value is -3.67. The van der Waals surface area contributed by atoms with Gasteiger partial charge in [-0.3, -0.25) is 19.3 Å². The van der Waals surface area contributed by atoms with Crippen molar-refractivity contribution in [3.05, 3.63) is 59.0 Å². The number of hydrogen-bond donors (Lipinski definition) is 4. The number of amides is 1. The number of aromatic nitrogens is 1. The van der Waals surface area contributed by atoms with E-state index in [4.69, 9.17) is 11.5 Å². The molecule has 6 N–H and O–H groups in total. The Balaban J connectivity index is 2.04. The highest BCUT2D eigenvalue weighted by Gasteiger charge is 2.17. The number of benzene rings is 1. The summed E-state index contributed by atoms with van der Waals surface area (Å²) in [6.07, 6.45) is 2.72. The maximum Gasteiger partial charge on any atom is 0.275 e. The van der Waals surface area contributed by atoms with Crippen molar-refractivity contribution in [1.29, 1.82) is 0 Å². The minimum absolute atomic E-state index is 0.00269. The number of anilines is 1. The topological polar surface area (TPSA) is 179 Å². The number of pyridine rings is 1. The van der Waals surface area contributed by atoms with Gasteiger partial charge in [-0.05, 0) is 37.1 Å². The molecule has 1 aromatic carbocycles. The number of hydrogen-bond acceptors (Lipinski definition) is 6. The summed E-state index contributed by atoms with van der Waals surface area (Å²) in [6.45, 7) is -0.0798. The third kappa shape index (κ3) is 7.26. The van der Waals surface area contributed by atoms with E-state index in [0.717, 1.165) is 4.57 Å². The van der Waals surface area contributed by atoms with Gasteiger partial charge in [0, 0.05) is 12.7 Å². The van der Waals surface area contributed by atoms with Crippen molar-refractivity contribution in [2.45, 2.75) is 30.3 Å². The quantitative estimate of drug-likeness (QED) is 0.153. The molecule has 12 heteroatoms. The van der Waals surface area contributed by atoms with Gasteiger partial charge >= 0.3 is 0 Å². The number of carbonyl (C=O) groups is 2. The van der Waals surface area contributed by atoms with Gasteiger partial charge in [-0.2, -0.15) is 0 Å². The molecule has 0 aliphatic rings. The Bertz CT molecular complexity index is 1090. The lowest BCUT2D eigenvalue weighted by Gasteiger charge is -2.14. The van der Waals surface area contributed by atoms with E-state index in [-0.39, 0.29) is 16.5 Å². The Morgan fingerprint density at radius 3 is 2.52 bits per heavy atom. The number of aldehydes is 1. The Morgan fingerprint density at radius 2 is 1.87 bits per heavy atom. The van der Waals surface area contributed by atoms with Gasteiger partial charge in [-0.1, -0.05) is 18.2 Å². The van der Waals surface area contributed by atoms with Crippen LogP contribution < -0.4 is 27.1 Å². The van der Waals surface area contributed by atoms with E-state index in [1.807, 2.05) is 0 Å². The lowest BCUT2D eigenvalue weighted by molar-refractivity contribution is -0.124. The summed E-state index contributed by atoms with van der Waals surface area (Å²) in [5.41, 5.74) is 9.53. The molecule has 1 amide bonds. The van der Waals surface area contributed by atoms with Crippen molar-refractivity contribution in [3.63, 3.8) is 0 Å². The van der Waals surface area contributed by atoms with E-state index < -0.39 is 34.1 Å². The first kappa shape index (κ1) is 23.6. The van der Waals surface area contributed by atoms with Gasteiger partial charge in [0.1, 0.15) is 18.5 Å². The second-order valence-corrected chi connectivity index (χ2v) is 8.21. The van der Waals surface area contributed by atoms with Gasteiger partial charge in [0.25, 0.3) is 15.6 Å². The first-order chi connectivity index (χ1) is 14.7. The molecule has 0 radical (unpaired) electrons. The van der Waals surface area contributed by atoms with E-state index in [1.54, 1.807) is 18.2 Å². The molecular formula is C19H24N6O5S. The predicted octanol–water partition coefficient (Wildman–Crippen LogP) is -0.614. The monoisotopic (exact) mass is 448 g/mol. The summed E-state index contributed by atoms with van der Waals surface area (Å²) < 4.78 is 28.1. The van der Waals surface area contributed by atoms with E-state index in [9.17, 15) is 22.8 Å². The molecule has 2 aromatic rings. The van der Waals surface area contributed by atoms with Crippen molar-refractivity contribution >= 4 is 33.9 Å². The Morgan fingerprint density at radius 1 is 1.16 bits per heavy atom. The van der Waals surface area contributed by atoms with E-state index in [0.29, 0.717) is 25.7 Å². The van der Waals surface area contributed by atoms with Crippen LogP contribution in [-0.2, 0) is 26.2 Å². The van der Waals surface area contributed by atoms with Gasteiger partial charge in [-0.15, -0.1) is 0 Å². The van der Waals surface area contributed by atoms with E-state index in [1.165, 1.54) is 30.5 Å². The van der Waals surface area contributed by atoms with Crippen molar-refractivity contribution in [3.8, 4) is 0 Å². The number of aliphatic imine (C=N–C) groups is 1. The SMILES string of the molecule is NC(N)=NCCC[C@@H](C=O)NC(=O)Cn1cccc(NS(=O)(=O)c2ccccc2)c1=O. The molecule has 1 heterocycles. The number of rotatable bonds is 11. The number of sulfonamides is 1. The first-order valence-corrected chi connectivity index (χ1v) is 10.8. The van der Waals surface area contributed by atoms with Gasteiger partial charge in [-0.25, -0.2) is 8.42 Å². The standard InChI is InChI=1S/C19H24N6O5S/c20-19(21)22-10-4-6-14(13-26)23-17(27)12-25-11-5-9-16(18(25)28)24-31(29,30)15-7-2-1-3-8-15/h1-3,5,7-9,11,13-14,24H,4,6,10,12H2,(H,23,27)(H4,20,21,22)/t14-/m0/s1. The minimum atomic E-state index is -3.96. The van der Waals surface area contributed by atoms with Gasteiger partial charge in [0.2, 0.25) is 5.91 Å². The maximum absolute atomic E-state index is 12.6. The second kappa shape index (κ2) is 10.9. The van der Waals surface area contributed by atoms with Gasteiger partial charge in [0.05, 0.1) is 10.9 Å². The molecule has 1 aromatic heterocycles. The molecule has 11 nitrogen and oxygen atoms in total. The number of guanidine groups is 1. The molecule has 0 spiro atoms. The fraction of sp³-hybridized carbons (Fsp3) is 0.263. The lowest BCUT2D eigenvalue weighted by atomic mass is 10.2. The first-order valence-electron chi connectivity index (χ1n) is 9.30. The highest BCUT2D eigenvalue weighted by atomic mass is 32.2. The summed E-state index contributed by atoms with van der Waals surface area (Å²) in [5.74, 6) is -0.641. The highest BCUT2D eigenvalue weighted by molar-refractivity contribution is 7.92. The van der Waals surface area contributed by atoms with Crippen molar-refractivity contribution in [2.24, 2.45) is 16.5 Å². The molecule has 0 saturated carbocycles. The molecule has 0 saturated heterocycles. The molecule has 1 atom stereocenters. The fourth-order valence-corrected chi connectivity index (χ4v) is 3.72. The van der Waals surface area contributed by atoms with Crippen molar-refractivity contribution in [2.75, 3.05) is 11.3 Å². The molecule has 166 valence electrons. The molecule has 0 unspecified atom stereocenters. The molecule has 0 fully saturated rings. The summed E-state index contributed by atoms with van der Waals surface area (Å²) in [7, 11) is -3.96. The molecule has 31 heavy (non-hydrogen) atoms. The summed E-state index contributed by atoms with van der Waals surface area (Å²) >= 11 is 0. The third-order valence-corrected chi connectivity index (χ3v) is 5.49. The van der Waals surface area contributed by atoms with Crippen LogP contribution in [0.1, 0.15) is 12.8 Å². The van der Waals surface area contributed by atoms with Gasteiger partial charge in [0.15, 0.2) is 5.96 Å². The van der Waals surface area contributed by atoms with Gasteiger partial charge < -0.3 is 26.1 Å². The maximum atomic E-state index is 12.6. The highest BCUT2D eigenvalue weighted by Crippen LogP contribution is 2.12. The third-order valence-electron chi connectivity index (χ3n) is 4.11. The molecule has 0 aliphatic heterocycles. The van der Waals surface area contributed by atoms with Crippen LogP contribution in [0.5, 0.6) is 0 Å². The zero-order valence-electron chi connectivity index (χ0n) is 16.6. The zero-order valence-corrected chi connectivity index (χ0v) is 17.4. The normalized spacial score (nSPS) is 11.9. The Labute approximate surface area is 179 Å². The van der Waals surface area contributed by atoms with Crippen LogP contribution in [0, 0.1) is 0 Å². The minimum Gasteiger partial charge on any atom is -0.370 e. The summed E-state index contributed by atoms with van der Waals surface area (Å²) in [4.78, 5) is 39.8. The smallest absolute Gasteiger partial charge is 0.275 e. The van der Waals surface area contributed by atoms with E-state index in [2.05, 4.69) is 15.0 Å². The second-order valence-electron chi connectivity index (χ2n) is 6.53. The Kier molecular flexibility index (Phi) is 8.32. The molecule has 0 bridgehead atoms. The molecular weight excluding hydrogens is 424 g/mol. The fourth-order valence-electron chi connectivity index (χ4n) is 2.64. The predicted molar refractivity (Wildman–Crippen MR) is 116 cm³/mol. The van der Waals surface area contributed by atoms with Crippen LogP contribution >= 0.6 is 0 Å². The van der Waals surface area contributed by atoms with Crippen LogP contribution in [0.15, 0.2) is 63.3 Å². The largest absolute Gasteiger partial charge is 0.370 e. The van der Waals surface area contributed by atoms with Crippen LogP contribution in [-0.4, -0.2) is 43.7 Å². The van der Waals surface area contributed by atoms with Crippen LogP contribution in [0.25, 0.3) is 0 Å². The van der Waals surface area contributed by atoms with Crippen LogP contribution in [0.4, 0.5) is 5.69 Å². The number of carbonyl (C=O) groups excluding carboxylic acids is 2. The van der Waals surface area contributed by atoms with Crippen molar-refractivity contribution in [1.82, 2.24) is 9.88 Å². The number of nitrogens with two attached hydrogens (primary N) is 2. The summed E-state index contributed by atoms with van der Waals surface area (Å²) in [5, 5.41) is 2.51. The van der Waals surface area contributed by atoms with Crippen LogP contribution in [0.2, 0.25) is 0 Å². The lowest BCUT2D eigenvalue weighted by Crippen LogP contribution is -2.40. The van der Waals surface area contributed by atoms with E-state index >= 15 is 0 Å².